The second-order valence-electron chi connectivity index (χ2n) is 11.7. The number of furan rings is 1. The smallest absolute Gasteiger partial charge is 0.164 e. The molecule has 0 saturated carbocycles. The molecule has 3 heterocycles. The van der Waals surface area contributed by atoms with Crippen molar-refractivity contribution in [3.05, 3.63) is 164 Å². The van der Waals surface area contributed by atoms with Crippen LogP contribution in [0.3, 0.4) is 0 Å². The van der Waals surface area contributed by atoms with Gasteiger partial charge in [0.2, 0.25) is 0 Å². The molecule has 50 heavy (non-hydrogen) atoms. The highest BCUT2D eigenvalue weighted by atomic mass is 32.2. The van der Waals surface area contributed by atoms with Gasteiger partial charge >= 0.3 is 0 Å². The average molecular weight is 662 g/mol. The van der Waals surface area contributed by atoms with Gasteiger partial charge in [-0.1, -0.05) is 145 Å². The molecule has 0 spiro atoms. The predicted octanol–water partition coefficient (Wildman–Crippen LogP) is 11.0. The summed E-state index contributed by atoms with van der Waals surface area (Å²) in [6, 6.07) is 52.7. The van der Waals surface area contributed by atoms with Gasteiger partial charge in [-0.3, -0.25) is 0 Å². The molecule has 0 N–H and O–H groups in total. The standard InChI is InChI=1S/C43H27N5OS/c1-5-15-28(16-6-1)38-36(50-31-21-11-4-12-22-31)27-44-42(45-38)34-25-13-23-32-37-33(24-14-26-35(37)49-39(32)34)43-47-40(29-17-7-2-8-18-29)46-41(48-43)30-19-9-3-10-20-30/h1-27H. The third kappa shape index (κ3) is 5.59. The lowest BCUT2D eigenvalue weighted by Gasteiger charge is -2.11. The maximum Gasteiger partial charge on any atom is 0.164 e. The first-order chi connectivity index (χ1) is 24.8. The molecule has 9 aromatic rings. The highest BCUT2D eigenvalue weighted by Gasteiger charge is 2.21. The Morgan fingerprint density at radius 2 is 1.00 bits per heavy atom. The second-order valence-corrected chi connectivity index (χ2v) is 12.8. The van der Waals surface area contributed by atoms with Gasteiger partial charge in [-0.2, -0.15) is 0 Å². The van der Waals surface area contributed by atoms with Crippen LogP contribution in [0, 0.1) is 0 Å². The highest BCUT2D eigenvalue weighted by Crippen LogP contribution is 2.41. The molecule has 6 aromatic carbocycles. The van der Waals surface area contributed by atoms with Crippen LogP contribution in [0.2, 0.25) is 0 Å². The van der Waals surface area contributed by atoms with E-state index in [2.05, 4.69) is 30.3 Å². The van der Waals surface area contributed by atoms with Crippen molar-refractivity contribution in [2.75, 3.05) is 0 Å². The van der Waals surface area contributed by atoms with Crippen molar-refractivity contribution < 1.29 is 4.42 Å². The fourth-order valence-electron chi connectivity index (χ4n) is 6.13. The van der Waals surface area contributed by atoms with Crippen LogP contribution in [0.4, 0.5) is 0 Å². The summed E-state index contributed by atoms with van der Waals surface area (Å²) >= 11 is 1.65. The largest absolute Gasteiger partial charge is 0.455 e. The molecule has 0 saturated heterocycles. The van der Waals surface area contributed by atoms with E-state index >= 15 is 0 Å². The molecule has 9 rings (SSSR count). The van der Waals surface area contributed by atoms with Crippen molar-refractivity contribution in [1.29, 1.82) is 0 Å². The minimum Gasteiger partial charge on any atom is -0.455 e. The molecule has 0 amide bonds. The molecule has 3 aromatic heterocycles. The third-order valence-corrected chi connectivity index (χ3v) is 9.50. The molecule has 0 unspecified atom stereocenters. The molecule has 6 nitrogen and oxygen atoms in total. The maximum atomic E-state index is 6.64. The quantitative estimate of drug-likeness (QED) is 0.168. The Kier molecular flexibility index (Phi) is 7.64. The van der Waals surface area contributed by atoms with E-state index in [-0.39, 0.29) is 0 Å². The number of benzene rings is 6. The molecule has 0 radical (unpaired) electrons. The molecular weight excluding hydrogens is 635 g/mol. The molecular formula is C43H27N5OS. The van der Waals surface area contributed by atoms with E-state index < -0.39 is 0 Å². The van der Waals surface area contributed by atoms with Crippen LogP contribution in [0.15, 0.2) is 178 Å². The molecule has 236 valence electrons. The Balaban J connectivity index is 1.21. The monoisotopic (exact) mass is 661 g/mol. The predicted molar refractivity (Wildman–Crippen MR) is 200 cm³/mol. The Bertz CT molecular complexity index is 2550. The summed E-state index contributed by atoms with van der Waals surface area (Å²) in [7, 11) is 0. The first-order valence-electron chi connectivity index (χ1n) is 16.3. The summed E-state index contributed by atoms with van der Waals surface area (Å²) in [5.41, 5.74) is 6.82. The molecule has 7 heteroatoms. The lowest BCUT2D eigenvalue weighted by Crippen LogP contribution is -2.00. The number of fused-ring (bicyclic) bond motifs is 3. The second kappa shape index (κ2) is 12.9. The molecule has 0 aliphatic carbocycles. The van der Waals surface area contributed by atoms with Gasteiger partial charge in [0.05, 0.1) is 16.2 Å². The fraction of sp³-hybridized carbons (Fsp3) is 0. The van der Waals surface area contributed by atoms with Crippen molar-refractivity contribution in [1.82, 2.24) is 24.9 Å². The first-order valence-corrected chi connectivity index (χ1v) is 17.1. The topological polar surface area (TPSA) is 77.6 Å². The first kappa shape index (κ1) is 29.7. The minimum atomic E-state index is 0.571. The normalized spacial score (nSPS) is 11.3. The lowest BCUT2D eigenvalue weighted by molar-refractivity contribution is 0.669. The van der Waals surface area contributed by atoms with Gasteiger partial charge in [-0.25, -0.2) is 24.9 Å². The molecule has 0 atom stereocenters. The Morgan fingerprint density at radius 1 is 0.440 bits per heavy atom. The van der Waals surface area contributed by atoms with Gasteiger partial charge in [0.25, 0.3) is 0 Å². The fourth-order valence-corrected chi connectivity index (χ4v) is 7.05. The van der Waals surface area contributed by atoms with Gasteiger partial charge in [0.1, 0.15) is 11.2 Å². The van der Waals surface area contributed by atoms with Gasteiger partial charge in [-0.15, -0.1) is 0 Å². The number of hydrogen-bond acceptors (Lipinski definition) is 7. The van der Waals surface area contributed by atoms with E-state index in [1.54, 1.807) is 11.8 Å². The number of nitrogens with zero attached hydrogens (tertiary/aromatic N) is 5. The van der Waals surface area contributed by atoms with Crippen molar-refractivity contribution in [2.24, 2.45) is 0 Å². The van der Waals surface area contributed by atoms with Crippen molar-refractivity contribution in [2.45, 2.75) is 9.79 Å². The summed E-state index contributed by atoms with van der Waals surface area (Å²) in [5, 5.41) is 1.86. The van der Waals surface area contributed by atoms with Crippen molar-refractivity contribution in [3.63, 3.8) is 0 Å². The molecule has 0 fully saturated rings. The van der Waals surface area contributed by atoms with Crippen LogP contribution >= 0.6 is 11.8 Å². The summed E-state index contributed by atoms with van der Waals surface area (Å²) in [6.07, 6.45) is 1.91. The van der Waals surface area contributed by atoms with Gasteiger partial charge in [-0.05, 0) is 24.3 Å². The van der Waals surface area contributed by atoms with E-state index in [1.165, 1.54) is 0 Å². The summed E-state index contributed by atoms with van der Waals surface area (Å²) in [5.74, 6) is 2.37. The lowest BCUT2D eigenvalue weighted by atomic mass is 10.0. The van der Waals surface area contributed by atoms with Crippen LogP contribution in [0.1, 0.15) is 0 Å². The van der Waals surface area contributed by atoms with Gasteiger partial charge in [0.15, 0.2) is 23.3 Å². The van der Waals surface area contributed by atoms with Crippen molar-refractivity contribution in [3.8, 4) is 56.8 Å². The zero-order valence-corrected chi connectivity index (χ0v) is 27.5. The SMILES string of the molecule is c1ccc(Sc2cnc(-c3cccc4c3oc3cccc(-c5nc(-c6ccccc6)nc(-c6ccccc6)n5)c34)nc2-c2ccccc2)cc1. The third-order valence-electron chi connectivity index (χ3n) is 8.48. The van der Waals surface area contributed by atoms with Crippen LogP contribution in [0.5, 0.6) is 0 Å². The van der Waals surface area contributed by atoms with Gasteiger partial charge in [0, 0.05) is 44.1 Å². The summed E-state index contributed by atoms with van der Waals surface area (Å²) in [4.78, 5) is 27.1. The zero-order chi connectivity index (χ0) is 33.3. The number of hydrogen-bond donors (Lipinski definition) is 0. The minimum absolute atomic E-state index is 0.571. The van der Waals surface area contributed by atoms with E-state index in [0.29, 0.717) is 28.9 Å². The van der Waals surface area contributed by atoms with E-state index in [1.807, 2.05) is 134 Å². The van der Waals surface area contributed by atoms with E-state index in [9.17, 15) is 0 Å². The number of para-hydroxylation sites is 1. The highest BCUT2D eigenvalue weighted by molar-refractivity contribution is 7.99. The number of rotatable bonds is 7. The summed E-state index contributed by atoms with van der Waals surface area (Å²) in [6.45, 7) is 0. The zero-order valence-electron chi connectivity index (χ0n) is 26.6. The van der Waals surface area contributed by atoms with Crippen LogP contribution in [0.25, 0.3) is 78.7 Å². The maximum absolute atomic E-state index is 6.64. The molecule has 0 bridgehead atoms. The van der Waals surface area contributed by atoms with Crippen LogP contribution in [-0.4, -0.2) is 24.9 Å². The summed E-state index contributed by atoms with van der Waals surface area (Å²) < 4.78 is 6.64. The Hall–Kier alpha value is -6.44. The van der Waals surface area contributed by atoms with Crippen LogP contribution in [-0.2, 0) is 0 Å². The molecule has 0 aliphatic heterocycles. The number of aromatic nitrogens is 5. The Morgan fingerprint density at radius 3 is 1.66 bits per heavy atom. The molecule has 0 aliphatic rings. The van der Waals surface area contributed by atoms with Crippen LogP contribution < -0.4 is 0 Å². The van der Waals surface area contributed by atoms with Crippen molar-refractivity contribution >= 4 is 33.7 Å². The van der Waals surface area contributed by atoms with E-state index in [0.717, 1.165) is 59.7 Å². The van der Waals surface area contributed by atoms with Gasteiger partial charge < -0.3 is 4.42 Å². The van der Waals surface area contributed by atoms with E-state index in [4.69, 9.17) is 29.3 Å². The Labute approximate surface area is 292 Å². The average Bonchev–Trinajstić information content (AvgIpc) is 3.59.